The molecule has 1 aliphatic heterocycles. The van der Waals surface area contributed by atoms with E-state index in [1.54, 1.807) is 0 Å². The van der Waals surface area contributed by atoms with Crippen molar-refractivity contribution in [2.24, 2.45) is 17.8 Å². The van der Waals surface area contributed by atoms with Crippen LogP contribution in [0.25, 0.3) is 0 Å². The maximum Gasteiger partial charge on any atom is 0.310 e. The van der Waals surface area contributed by atoms with Gasteiger partial charge in [-0.25, -0.2) is 0 Å². The minimum absolute atomic E-state index is 0.00119. The molecule has 3 heteroatoms. The van der Waals surface area contributed by atoms with Gasteiger partial charge in [-0.15, -0.1) is 0 Å². The molecule has 0 unspecified atom stereocenters. The van der Waals surface area contributed by atoms with Crippen LogP contribution in [-0.2, 0) is 9.53 Å². The first-order chi connectivity index (χ1) is 8.52. The third-order valence-electron chi connectivity index (χ3n) is 3.57. The second-order valence-electron chi connectivity index (χ2n) is 6.09. The number of carbonyl (C=O) groups excluding carboxylic acids is 1. The normalized spacial score (nSPS) is 23.1. The fourth-order valence-electron chi connectivity index (χ4n) is 2.99. The number of hydrogen-bond acceptors (Lipinski definition) is 3. The molecule has 0 aromatic carbocycles. The Morgan fingerprint density at radius 2 is 2.11 bits per heavy atom. The monoisotopic (exact) mass is 255 g/mol. The highest BCUT2D eigenvalue weighted by Crippen LogP contribution is 2.20. The SMILES string of the molecule is CCOC(=O)[C@@H]1CCCN(C[C@@H](C)CC(C)C)C1. The summed E-state index contributed by atoms with van der Waals surface area (Å²) in [5, 5.41) is 0. The summed E-state index contributed by atoms with van der Waals surface area (Å²) in [5.74, 6) is 1.57. The zero-order chi connectivity index (χ0) is 13.5. The summed E-state index contributed by atoms with van der Waals surface area (Å²) in [6.07, 6.45) is 3.38. The van der Waals surface area contributed by atoms with E-state index in [2.05, 4.69) is 25.7 Å². The van der Waals surface area contributed by atoms with Crippen LogP contribution in [0.5, 0.6) is 0 Å². The van der Waals surface area contributed by atoms with Crippen molar-refractivity contribution in [3.8, 4) is 0 Å². The van der Waals surface area contributed by atoms with Crippen molar-refractivity contribution in [3.63, 3.8) is 0 Å². The Hall–Kier alpha value is -0.570. The van der Waals surface area contributed by atoms with Gasteiger partial charge in [0.25, 0.3) is 0 Å². The van der Waals surface area contributed by atoms with Crippen LogP contribution in [-0.4, -0.2) is 37.1 Å². The van der Waals surface area contributed by atoms with Crippen LogP contribution in [0, 0.1) is 17.8 Å². The first-order valence-corrected chi connectivity index (χ1v) is 7.41. The zero-order valence-corrected chi connectivity index (χ0v) is 12.4. The lowest BCUT2D eigenvalue weighted by molar-refractivity contribution is -0.150. The van der Waals surface area contributed by atoms with E-state index in [1.807, 2.05) is 6.92 Å². The first-order valence-electron chi connectivity index (χ1n) is 7.41. The van der Waals surface area contributed by atoms with Crippen LogP contribution in [0.4, 0.5) is 0 Å². The van der Waals surface area contributed by atoms with Crippen LogP contribution in [0.3, 0.4) is 0 Å². The van der Waals surface area contributed by atoms with Gasteiger partial charge in [0.2, 0.25) is 0 Å². The van der Waals surface area contributed by atoms with Crippen molar-refractivity contribution >= 4 is 5.97 Å². The highest BCUT2D eigenvalue weighted by molar-refractivity contribution is 5.72. The van der Waals surface area contributed by atoms with Crippen LogP contribution in [0.1, 0.15) is 47.0 Å². The quantitative estimate of drug-likeness (QED) is 0.683. The van der Waals surface area contributed by atoms with Crippen molar-refractivity contribution in [3.05, 3.63) is 0 Å². The summed E-state index contributed by atoms with van der Waals surface area (Å²) in [6, 6.07) is 0. The minimum atomic E-state index is -0.00119. The summed E-state index contributed by atoms with van der Waals surface area (Å²) in [4.78, 5) is 14.2. The molecular weight excluding hydrogens is 226 g/mol. The second-order valence-corrected chi connectivity index (χ2v) is 6.09. The summed E-state index contributed by atoms with van der Waals surface area (Å²) in [6.45, 7) is 12.4. The molecule has 0 bridgehead atoms. The van der Waals surface area contributed by atoms with Gasteiger partial charge in [0.05, 0.1) is 12.5 Å². The number of carbonyl (C=O) groups is 1. The Labute approximate surface area is 112 Å². The Morgan fingerprint density at radius 3 is 2.72 bits per heavy atom. The van der Waals surface area contributed by atoms with Crippen LogP contribution < -0.4 is 0 Å². The standard InChI is InChI=1S/C15H29NO2/c1-5-18-15(17)14-7-6-8-16(11-14)10-13(4)9-12(2)3/h12-14H,5-11H2,1-4H3/t13-,14+/m0/s1. The molecule has 0 amide bonds. The molecular formula is C15H29NO2. The number of ether oxygens (including phenoxy) is 1. The fraction of sp³-hybridized carbons (Fsp3) is 0.933. The molecule has 0 N–H and O–H groups in total. The fourth-order valence-corrected chi connectivity index (χ4v) is 2.99. The van der Waals surface area contributed by atoms with Crippen LogP contribution in [0.2, 0.25) is 0 Å². The van der Waals surface area contributed by atoms with Crippen LogP contribution in [0.15, 0.2) is 0 Å². The van der Waals surface area contributed by atoms with E-state index < -0.39 is 0 Å². The van der Waals surface area contributed by atoms with Crippen LogP contribution >= 0.6 is 0 Å². The molecule has 1 saturated heterocycles. The third-order valence-corrected chi connectivity index (χ3v) is 3.57. The van der Waals surface area contributed by atoms with Gasteiger partial charge in [0, 0.05) is 13.1 Å². The van der Waals surface area contributed by atoms with Gasteiger partial charge < -0.3 is 9.64 Å². The maximum absolute atomic E-state index is 11.8. The Balaban J connectivity index is 2.36. The van der Waals surface area contributed by atoms with Gasteiger partial charge >= 0.3 is 5.97 Å². The summed E-state index contributed by atoms with van der Waals surface area (Å²) < 4.78 is 5.13. The molecule has 0 aromatic rings. The van der Waals surface area contributed by atoms with E-state index in [9.17, 15) is 4.79 Å². The molecule has 3 nitrogen and oxygen atoms in total. The van der Waals surface area contributed by atoms with E-state index in [0.29, 0.717) is 12.5 Å². The topological polar surface area (TPSA) is 29.5 Å². The molecule has 106 valence electrons. The highest BCUT2D eigenvalue weighted by atomic mass is 16.5. The summed E-state index contributed by atoms with van der Waals surface area (Å²) in [7, 11) is 0. The highest BCUT2D eigenvalue weighted by Gasteiger charge is 2.27. The second kappa shape index (κ2) is 7.78. The van der Waals surface area contributed by atoms with Gasteiger partial charge in [-0.2, -0.15) is 0 Å². The molecule has 1 heterocycles. The molecule has 0 aromatic heterocycles. The number of piperidine rings is 1. The number of nitrogens with zero attached hydrogens (tertiary/aromatic N) is 1. The predicted octanol–water partition coefficient (Wildman–Crippen LogP) is 2.94. The van der Waals surface area contributed by atoms with Gasteiger partial charge in [-0.3, -0.25) is 4.79 Å². The van der Waals surface area contributed by atoms with E-state index in [-0.39, 0.29) is 11.9 Å². The smallest absolute Gasteiger partial charge is 0.310 e. The lowest BCUT2D eigenvalue weighted by Crippen LogP contribution is -2.41. The number of rotatable bonds is 6. The number of likely N-dealkylation sites (tertiary alicyclic amines) is 1. The average molecular weight is 255 g/mol. The molecule has 1 fully saturated rings. The van der Waals surface area contributed by atoms with Crippen molar-refractivity contribution in [2.75, 3.05) is 26.2 Å². The van der Waals surface area contributed by atoms with Gasteiger partial charge in [0.15, 0.2) is 0 Å². The molecule has 18 heavy (non-hydrogen) atoms. The molecule has 1 aliphatic rings. The third kappa shape index (κ3) is 5.38. The van der Waals surface area contributed by atoms with Gasteiger partial charge in [-0.05, 0) is 44.6 Å². The lowest BCUT2D eigenvalue weighted by Gasteiger charge is -2.33. The van der Waals surface area contributed by atoms with Crippen molar-refractivity contribution < 1.29 is 9.53 Å². The van der Waals surface area contributed by atoms with Crippen molar-refractivity contribution in [1.82, 2.24) is 4.90 Å². The average Bonchev–Trinajstić information content (AvgIpc) is 2.28. The minimum Gasteiger partial charge on any atom is -0.466 e. The molecule has 0 saturated carbocycles. The Kier molecular flexibility index (Phi) is 6.69. The Bertz CT molecular complexity index is 253. The summed E-state index contributed by atoms with van der Waals surface area (Å²) in [5.41, 5.74) is 0. The Morgan fingerprint density at radius 1 is 1.39 bits per heavy atom. The van der Waals surface area contributed by atoms with Gasteiger partial charge in [0.1, 0.15) is 0 Å². The van der Waals surface area contributed by atoms with E-state index in [0.717, 1.165) is 38.4 Å². The maximum atomic E-state index is 11.8. The molecule has 2 atom stereocenters. The molecule has 0 spiro atoms. The summed E-state index contributed by atoms with van der Waals surface area (Å²) >= 11 is 0. The lowest BCUT2D eigenvalue weighted by atomic mass is 9.94. The molecule has 1 rings (SSSR count). The van der Waals surface area contributed by atoms with Crippen molar-refractivity contribution in [1.29, 1.82) is 0 Å². The largest absolute Gasteiger partial charge is 0.466 e. The van der Waals surface area contributed by atoms with Crippen molar-refractivity contribution in [2.45, 2.75) is 47.0 Å². The molecule has 0 radical (unpaired) electrons. The molecule has 0 aliphatic carbocycles. The number of hydrogen-bond donors (Lipinski definition) is 0. The van der Waals surface area contributed by atoms with Gasteiger partial charge in [-0.1, -0.05) is 20.8 Å². The predicted molar refractivity (Wildman–Crippen MR) is 74.4 cm³/mol. The zero-order valence-electron chi connectivity index (χ0n) is 12.4. The van der Waals surface area contributed by atoms with E-state index in [1.165, 1.54) is 6.42 Å². The first kappa shape index (κ1) is 15.5. The van der Waals surface area contributed by atoms with E-state index in [4.69, 9.17) is 4.74 Å². The number of esters is 1. The van der Waals surface area contributed by atoms with E-state index >= 15 is 0 Å².